The van der Waals surface area contributed by atoms with Crippen molar-refractivity contribution in [2.24, 2.45) is 11.3 Å². The summed E-state index contributed by atoms with van der Waals surface area (Å²) in [5, 5.41) is 3.40. The van der Waals surface area contributed by atoms with E-state index in [4.69, 9.17) is 5.73 Å². The van der Waals surface area contributed by atoms with Crippen molar-refractivity contribution in [3.8, 4) is 0 Å². The summed E-state index contributed by atoms with van der Waals surface area (Å²) in [6.45, 7) is 7.59. The van der Waals surface area contributed by atoms with Crippen molar-refractivity contribution in [2.75, 3.05) is 17.6 Å². The second kappa shape index (κ2) is 3.96. The Morgan fingerprint density at radius 2 is 2.19 bits per heavy atom. The summed E-state index contributed by atoms with van der Waals surface area (Å²) in [5.41, 5.74) is 8.34. The molecule has 1 heterocycles. The number of hydrogen-bond acceptors (Lipinski definition) is 3. The molecule has 0 spiro atoms. The van der Waals surface area contributed by atoms with Crippen LogP contribution in [-0.4, -0.2) is 11.5 Å². The number of nitrogens with zero attached hydrogens (tertiary/aromatic N) is 1. The number of anilines is 2. The van der Waals surface area contributed by atoms with Gasteiger partial charge in [-0.25, -0.2) is 4.98 Å². The molecule has 2 rings (SSSR count). The lowest BCUT2D eigenvalue weighted by Gasteiger charge is -2.21. The van der Waals surface area contributed by atoms with Crippen LogP contribution in [0.25, 0.3) is 0 Å². The molecule has 1 aliphatic carbocycles. The topological polar surface area (TPSA) is 50.9 Å². The van der Waals surface area contributed by atoms with Gasteiger partial charge in [0.15, 0.2) is 0 Å². The van der Waals surface area contributed by atoms with Crippen molar-refractivity contribution < 1.29 is 0 Å². The van der Waals surface area contributed by atoms with Gasteiger partial charge in [0.2, 0.25) is 0 Å². The molecule has 16 heavy (non-hydrogen) atoms. The Kier molecular flexibility index (Phi) is 2.78. The minimum atomic E-state index is 0.484. The van der Waals surface area contributed by atoms with Crippen LogP contribution in [0.1, 0.15) is 32.3 Å². The van der Waals surface area contributed by atoms with Crippen LogP contribution in [-0.2, 0) is 0 Å². The van der Waals surface area contributed by atoms with E-state index in [1.54, 1.807) is 0 Å². The molecule has 0 aromatic carbocycles. The molecule has 1 fully saturated rings. The molecule has 0 bridgehead atoms. The van der Waals surface area contributed by atoms with Gasteiger partial charge in [-0.2, -0.15) is 0 Å². The number of hydrogen-bond donors (Lipinski definition) is 2. The lowest BCUT2D eigenvalue weighted by molar-refractivity contribution is 0.380. The fourth-order valence-corrected chi connectivity index (χ4v) is 2.09. The van der Waals surface area contributed by atoms with Gasteiger partial charge in [0.25, 0.3) is 0 Å². The van der Waals surface area contributed by atoms with Crippen molar-refractivity contribution in [3.63, 3.8) is 0 Å². The Morgan fingerprint density at radius 1 is 1.50 bits per heavy atom. The number of aryl methyl sites for hydroxylation is 1. The SMILES string of the molecule is Cc1ccnc(NCC2(C(C)C)CC2)c1N. The van der Waals surface area contributed by atoms with Crippen LogP contribution in [0.2, 0.25) is 0 Å². The van der Waals surface area contributed by atoms with E-state index < -0.39 is 0 Å². The maximum absolute atomic E-state index is 5.98. The quantitative estimate of drug-likeness (QED) is 0.818. The van der Waals surface area contributed by atoms with Crippen molar-refractivity contribution in [2.45, 2.75) is 33.6 Å². The highest BCUT2D eigenvalue weighted by Gasteiger charge is 2.45. The molecule has 1 aromatic heterocycles. The van der Waals surface area contributed by atoms with Crippen molar-refractivity contribution in [1.29, 1.82) is 0 Å². The Balaban J connectivity index is 2.03. The summed E-state index contributed by atoms with van der Waals surface area (Å²) in [4.78, 5) is 4.29. The average molecular weight is 219 g/mol. The van der Waals surface area contributed by atoms with E-state index in [9.17, 15) is 0 Å². The van der Waals surface area contributed by atoms with Crippen LogP contribution in [0.5, 0.6) is 0 Å². The second-order valence-corrected chi connectivity index (χ2v) is 5.26. The molecule has 0 saturated heterocycles. The van der Waals surface area contributed by atoms with E-state index in [1.165, 1.54) is 12.8 Å². The maximum Gasteiger partial charge on any atom is 0.149 e. The number of pyridine rings is 1. The maximum atomic E-state index is 5.98. The number of aromatic nitrogens is 1. The van der Waals surface area contributed by atoms with Gasteiger partial charge in [0, 0.05) is 12.7 Å². The monoisotopic (exact) mass is 219 g/mol. The number of nitrogens with one attached hydrogen (secondary N) is 1. The predicted octanol–water partition coefficient (Wildman–Crippen LogP) is 2.82. The largest absolute Gasteiger partial charge is 0.396 e. The van der Waals surface area contributed by atoms with Crippen LogP contribution in [0, 0.1) is 18.3 Å². The third-order valence-corrected chi connectivity index (χ3v) is 3.93. The van der Waals surface area contributed by atoms with Gasteiger partial charge in [0.05, 0.1) is 5.69 Å². The van der Waals surface area contributed by atoms with Crippen LogP contribution in [0.4, 0.5) is 11.5 Å². The van der Waals surface area contributed by atoms with Gasteiger partial charge in [0.1, 0.15) is 5.82 Å². The van der Waals surface area contributed by atoms with E-state index in [1.807, 2.05) is 19.2 Å². The fourth-order valence-electron chi connectivity index (χ4n) is 2.09. The molecule has 3 nitrogen and oxygen atoms in total. The smallest absolute Gasteiger partial charge is 0.149 e. The summed E-state index contributed by atoms with van der Waals surface area (Å²) < 4.78 is 0. The highest BCUT2D eigenvalue weighted by atomic mass is 15.0. The first-order valence-corrected chi connectivity index (χ1v) is 6.00. The summed E-state index contributed by atoms with van der Waals surface area (Å²) >= 11 is 0. The minimum absolute atomic E-state index is 0.484. The van der Waals surface area contributed by atoms with Crippen molar-refractivity contribution >= 4 is 11.5 Å². The lowest BCUT2D eigenvalue weighted by Crippen LogP contribution is -2.21. The molecule has 0 aliphatic heterocycles. The van der Waals surface area contributed by atoms with E-state index >= 15 is 0 Å². The Morgan fingerprint density at radius 3 is 2.75 bits per heavy atom. The first-order chi connectivity index (χ1) is 7.55. The van der Waals surface area contributed by atoms with Gasteiger partial charge >= 0.3 is 0 Å². The van der Waals surface area contributed by atoms with Crippen molar-refractivity contribution in [1.82, 2.24) is 4.98 Å². The van der Waals surface area contributed by atoms with Gasteiger partial charge in [-0.3, -0.25) is 0 Å². The Hall–Kier alpha value is -1.25. The van der Waals surface area contributed by atoms with E-state index in [0.29, 0.717) is 5.41 Å². The zero-order chi connectivity index (χ0) is 11.8. The summed E-state index contributed by atoms with van der Waals surface area (Å²) in [7, 11) is 0. The molecule has 88 valence electrons. The lowest BCUT2D eigenvalue weighted by atomic mass is 9.92. The number of nitrogens with two attached hydrogens (primary N) is 1. The zero-order valence-corrected chi connectivity index (χ0v) is 10.4. The normalized spacial score (nSPS) is 17.5. The molecule has 0 amide bonds. The standard InChI is InChI=1S/C13H21N3/c1-9(2)13(5-6-13)8-16-12-11(14)10(3)4-7-15-12/h4,7,9H,5-6,8,14H2,1-3H3,(H,15,16). The highest BCUT2D eigenvalue weighted by molar-refractivity contribution is 5.64. The first-order valence-electron chi connectivity index (χ1n) is 6.00. The van der Waals surface area contributed by atoms with Gasteiger partial charge in [-0.1, -0.05) is 13.8 Å². The highest BCUT2D eigenvalue weighted by Crippen LogP contribution is 2.51. The molecular weight excluding hydrogens is 198 g/mol. The molecule has 0 atom stereocenters. The predicted molar refractivity (Wildman–Crippen MR) is 68.4 cm³/mol. The molecule has 0 radical (unpaired) electrons. The van der Waals surface area contributed by atoms with Crippen molar-refractivity contribution in [3.05, 3.63) is 17.8 Å². The Bertz CT molecular complexity index is 381. The molecule has 1 aliphatic rings. The molecule has 1 aromatic rings. The number of nitrogen functional groups attached to an aromatic ring is 1. The minimum Gasteiger partial charge on any atom is -0.396 e. The fraction of sp³-hybridized carbons (Fsp3) is 0.615. The van der Waals surface area contributed by atoms with Gasteiger partial charge in [-0.15, -0.1) is 0 Å². The van der Waals surface area contributed by atoms with Crippen LogP contribution in [0.15, 0.2) is 12.3 Å². The van der Waals surface area contributed by atoms with Gasteiger partial charge < -0.3 is 11.1 Å². The van der Waals surface area contributed by atoms with E-state index in [0.717, 1.165) is 29.5 Å². The molecule has 3 heteroatoms. The van der Waals surface area contributed by atoms with Crippen LogP contribution >= 0.6 is 0 Å². The zero-order valence-electron chi connectivity index (χ0n) is 10.4. The molecular formula is C13H21N3. The van der Waals surface area contributed by atoms with E-state index in [-0.39, 0.29) is 0 Å². The first kappa shape index (κ1) is 11.2. The average Bonchev–Trinajstić information content (AvgIpc) is 3.01. The third-order valence-electron chi connectivity index (χ3n) is 3.93. The number of rotatable bonds is 4. The van der Waals surface area contributed by atoms with Gasteiger partial charge in [-0.05, 0) is 42.7 Å². The summed E-state index contributed by atoms with van der Waals surface area (Å²) in [6.07, 6.45) is 4.45. The van der Waals surface area contributed by atoms with Crippen LogP contribution < -0.4 is 11.1 Å². The summed E-state index contributed by atoms with van der Waals surface area (Å²) in [5.74, 6) is 1.57. The summed E-state index contributed by atoms with van der Waals surface area (Å²) in [6, 6.07) is 1.94. The molecule has 0 unspecified atom stereocenters. The Labute approximate surface area is 97.5 Å². The molecule has 3 N–H and O–H groups in total. The van der Waals surface area contributed by atoms with E-state index in [2.05, 4.69) is 24.1 Å². The van der Waals surface area contributed by atoms with Crippen LogP contribution in [0.3, 0.4) is 0 Å². The second-order valence-electron chi connectivity index (χ2n) is 5.26. The third kappa shape index (κ3) is 1.99. The molecule has 1 saturated carbocycles.